The third kappa shape index (κ3) is 5.16. The minimum Gasteiger partial charge on any atom is -0.496 e. The zero-order valence-electron chi connectivity index (χ0n) is 22.8. The van der Waals surface area contributed by atoms with Crippen LogP contribution in [0.1, 0.15) is 65.2 Å². The van der Waals surface area contributed by atoms with Crippen LogP contribution >= 0.6 is 0 Å². The molecule has 1 aromatic heterocycles. The van der Waals surface area contributed by atoms with Crippen molar-refractivity contribution < 1.29 is 18.3 Å². The predicted molar refractivity (Wildman–Crippen MR) is 148 cm³/mol. The fraction of sp³-hybridized carbons (Fsp3) is 0.516. The monoisotopic (exact) mass is 536 g/mol. The maximum atomic E-state index is 14.1. The zero-order valence-corrected chi connectivity index (χ0v) is 22.8. The number of aromatic amines is 1. The number of nitrogens with zero attached hydrogens (tertiary/aromatic N) is 1. The summed E-state index contributed by atoms with van der Waals surface area (Å²) in [5.74, 6) is -1.13. The minimum absolute atomic E-state index is 0.0157. The number of aryl methyl sites for hydroxylation is 1. The second-order valence-electron chi connectivity index (χ2n) is 12.0. The van der Waals surface area contributed by atoms with Gasteiger partial charge in [-0.3, -0.25) is 9.69 Å². The number of ether oxygens (including phenoxy) is 1. The van der Waals surface area contributed by atoms with Gasteiger partial charge in [-0.15, -0.1) is 0 Å². The van der Waals surface area contributed by atoms with Crippen LogP contribution in [0.15, 0.2) is 42.6 Å². The Morgan fingerprint density at radius 1 is 1.18 bits per heavy atom. The molecule has 1 atom stereocenters. The van der Waals surface area contributed by atoms with E-state index in [-0.39, 0.29) is 30.2 Å². The van der Waals surface area contributed by atoms with Gasteiger partial charge in [0.1, 0.15) is 5.75 Å². The van der Waals surface area contributed by atoms with Crippen molar-refractivity contribution in [3.63, 3.8) is 0 Å². The van der Waals surface area contributed by atoms with Gasteiger partial charge in [-0.05, 0) is 92.5 Å². The molecule has 8 heteroatoms. The fourth-order valence-electron chi connectivity index (χ4n) is 6.95. The summed E-state index contributed by atoms with van der Waals surface area (Å²) in [7, 11) is 1.70. The van der Waals surface area contributed by atoms with Gasteiger partial charge in [0.15, 0.2) is 0 Å². The third-order valence-corrected chi connectivity index (χ3v) is 9.22. The SMILES string of the molecule is COc1cc(C)c2[nH]ccc2c1CN1CCC2(C[C@@H]1c1ccc(C(=O)NCCC3CNC3)cc1)CC(F)(F)C2. The van der Waals surface area contributed by atoms with Gasteiger partial charge in [-0.2, -0.15) is 0 Å². The number of likely N-dealkylation sites (tertiary alicyclic amines) is 1. The molecule has 208 valence electrons. The molecule has 2 aliphatic heterocycles. The van der Waals surface area contributed by atoms with Gasteiger partial charge in [0, 0.05) is 60.2 Å². The number of carbonyl (C=O) groups excluding carboxylic acids is 1. The van der Waals surface area contributed by atoms with E-state index in [2.05, 4.69) is 39.6 Å². The Labute approximate surface area is 228 Å². The number of nitrogens with one attached hydrogen (secondary N) is 3. The van der Waals surface area contributed by atoms with Crippen molar-refractivity contribution in [2.45, 2.75) is 57.5 Å². The Balaban J connectivity index is 1.24. The van der Waals surface area contributed by atoms with Gasteiger partial charge < -0.3 is 20.4 Å². The van der Waals surface area contributed by atoms with E-state index in [1.165, 1.54) is 0 Å². The summed E-state index contributed by atoms with van der Waals surface area (Å²) in [5.41, 5.74) is 4.71. The number of H-pyrrole nitrogens is 1. The molecule has 39 heavy (non-hydrogen) atoms. The molecule has 1 aliphatic carbocycles. The van der Waals surface area contributed by atoms with Gasteiger partial charge in [0.2, 0.25) is 5.92 Å². The summed E-state index contributed by atoms with van der Waals surface area (Å²) in [6.45, 7) is 6.19. The summed E-state index contributed by atoms with van der Waals surface area (Å²) in [4.78, 5) is 18.5. The highest BCUT2D eigenvalue weighted by Gasteiger charge is 2.58. The van der Waals surface area contributed by atoms with Crippen LogP contribution in [-0.2, 0) is 6.54 Å². The van der Waals surface area contributed by atoms with Gasteiger partial charge in [-0.25, -0.2) is 8.78 Å². The van der Waals surface area contributed by atoms with E-state index in [1.807, 2.05) is 30.5 Å². The Morgan fingerprint density at radius 3 is 2.62 bits per heavy atom. The number of rotatable bonds is 8. The number of hydrogen-bond acceptors (Lipinski definition) is 4. The predicted octanol–water partition coefficient (Wildman–Crippen LogP) is 5.58. The normalized spacial score (nSPS) is 22.4. The molecule has 3 heterocycles. The van der Waals surface area contributed by atoms with Crippen molar-refractivity contribution in [3.8, 4) is 5.75 Å². The van der Waals surface area contributed by atoms with Crippen molar-refractivity contribution >= 4 is 16.8 Å². The molecule has 1 saturated carbocycles. The first-order chi connectivity index (χ1) is 18.8. The summed E-state index contributed by atoms with van der Waals surface area (Å²) in [6, 6.07) is 11.9. The second-order valence-corrected chi connectivity index (χ2v) is 12.0. The van der Waals surface area contributed by atoms with Crippen LogP contribution < -0.4 is 15.4 Å². The van der Waals surface area contributed by atoms with Crippen LogP contribution in [0.3, 0.4) is 0 Å². The van der Waals surface area contributed by atoms with Crippen LogP contribution in [0.2, 0.25) is 0 Å². The van der Waals surface area contributed by atoms with E-state index in [4.69, 9.17) is 4.74 Å². The van der Waals surface area contributed by atoms with E-state index < -0.39 is 5.92 Å². The minimum atomic E-state index is -2.55. The highest BCUT2D eigenvalue weighted by molar-refractivity contribution is 5.94. The van der Waals surface area contributed by atoms with Crippen molar-refractivity contribution in [2.24, 2.45) is 11.3 Å². The zero-order chi connectivity index (χ0) is 27.2. The number of fused-ring (bicyclic) bond motifs is 1. The molecular weight excluding hydrogens is 498 g/mol. The molecule has 6 rings (SSSR count). The number of benzene rings is 2. The molecule has 3 fully saturated rings. The van der Waals surface area contributed by atoms with E-state index in [0.717, 1.165) is 65.8 Å². The van der Waals surface area contributed by atoms with E-state index in [9.17, 15) is 13.6 Å². The van der Waals surface area contributed by atoms with Crippen LogP contribution in [0.4, 0.5) is 8.78 Å². The Hall–Kier alpha value is -2.97. The average molecular weight is 537 g/mol. The standard InChI is InChI=1S/C31H38F2N4O2/c1-20-13-27(39-2)25(24-8-11-35-28(20)24)17-37-12-9-30(18-31(32,33)19-30)14-26(37)22-3-5-23(6-4-22)29(38)36-10-7-21-15-34-16-21/h3-6,8,11,13,21,26,34-35H,7,9-10,12,14-19H2,1-2H3,(H,36,38)/t26-/m1/s1. The number of alkyl halides is 2. The Morgan fingerprint density at radius 2 is 1.95 bits per heavy atom. The van der Waals surface area contributed by atoms with Crippen LogP contribution in [0, 0.1) is 18.3 Å². The first kappa shape index (κ1) is 26.3. The number of aromatic nitrogens is 1. The fourth-order valence-corrected chi connectivity index (χ4v) is 6.95. The van der Waals surface area contributed by atoms with E-state index in [1.54, 1.807) is 7.11 Å². The number of carbonyl (C=O) groups is 1. The first-order valence-corrected chi connectivity index (χ1v) is 14.1. The lowest BCUT2D eigenvalue weighted by atomic mass is 9.59. The van der Waals surface area contributed by atoms with E-state index in [0.29, 0.717) is 31.0 Å². The molecule has 2 saturated heterocycles. The Kier molecular flexibility index (Phi) is 6.88. The molecule has 1 spiro atoms. The number of hydrogen-bond donors (Lipinski definition) is 3. The number of halogens is 2. The van der Waals surface area contributed by atoms with Gasteiger partial charge in [-0.1, -0.05) is 12.1 Å². The first-order valence-electron chi connectivity index (χ1n) is 14.1. The summed E-state index contributed by atoms with van der Waals surface area (Å²) in [6.07, 6.45) is 4.33. The summed E-state index contributed by atoms with van der Waals surface area (Å²) < 4.78 is 33.9. The average Bonchev–Trinajstić information content (AvgIpc) is 3.37. The van der Waals surface area contributed by atoms with Crippen molar-refractivity contribution in [2.75, 3.05) is 33.3 Å². The molecule has 2 aromatic carbocycles. The van der Waals surface area contributed by atoms with Crippen LogP contribution in [0.25, 0.3) is 10.9 Å². The highest BCUT2D eigenvalue weighted by Crippen LogP contribution is 2.60. The molecule has 3 N–H and O–H groups in total. The van der Waals surface area contributed by atoms with E-state index >= 15 is 0 Å². The van der Waals surface area contributed by atoms with Gasteiger partial charge in [0.25, 0.3) is 5.91 Å². The maximum absolute atomic E-state index is 14.1. The molecule has 1 amide bonds. The topological polar surface area (TPSA) is 69.4 Å². The maximum Gasteiger partial charge on any atom is 0.251 e. The molecule has 3 aliphatic rings. The lowest BCUT2D eigenvalue weighted by molar-refractivity contribution is -0.186. The van der Waals surface area contributed by atoms with Gasteiger partial charge in [0.05, 0.1) is 7.11 Å². The number of amides is 1. The summed E-state index contributed by atoms with van der Waals surface area (Å²) >= 11 is 0. The molecule has 0 radical (unpaired) electrons. The van der Waals surface area contributed by atoms with Crippen LogP contribution in [-0.4, -0.2) is 55.0 Å². The molecule has 3 aromatic rings. The lowest BCUT2D eigenvalue weighted by Gasteiger charge is -2.54. The Bertz CT molecular complexity index is 1340. The van der Waals surface area contributed by atoms with Crippen molar-refractivity contribution in [1.29, 1.82) is 0 Å². The summed E-state index contributed by atoms with van der Waals surface area (Å²) in [5, 5.41) is 7.42. The number of piperidine rings is 1. The van der Waals surface area contributed by atoms with Gasteiger partial charge >= 0.3 is 0 Å². The molecule has 6 nitrogen and oxygen atoms in total. The molecular formula is C31H38F2N4O2. The number of methoxy groups -OCH3 is 1. The van der Waals surface area contributed by atoms with Crippen molar-refractivity contribution in [3.05, 3.63) is 64.8 Å². The highest BCUT2D eigenvalue weighted by atomic mass is 19.3. The second kappa shape index (κ2) is 10.2. The lowest BCUT2D eigenvalue weighted by Crippen LogP contribution is -2.53. The quantitative estimate of drug-likeness (QED) is 0.352. The largest absolute Gasteiger partial charge is 0.496 e. The third-order valence-electron chi connectivity index (χ3n) is 9.22. The molecule has 0 bridgehead atoms. The van der Waals surface area contributed by atoms with Crippen LogP contribution in [0.5, 0.6) is 5.75 Å². The molecule has 0 unspecified atom stereocenters. The smallest absolute Gasteiger partial charge is 0.251 e. The van der Waals surface area contributed by atoms with Crippen molar-refractivity contribution in [1.82, 2.24) is 20.5 Å².